The summed E-state index contributed by atoms with van der Waals surface area (Å²) in [5.74, 6) is 0.369. The van der Waals surface area contributed by atoms with E-state index in [-0.39, 0.29) is 52.2 Å². The van der Waals surface area contributed by atoms with Crippen molar-refractivity contribution in [1.29, 1.82) is 0 Å². The van der Waals surface area contributed by atoms with Crippen LogP contribution in [0.25, 0.3) is 10.8 Å². The predicted molar refractivity (Wildman–Crippen MR) is 94.2 cm³/mol. The number of hydrogen-bond acceptors (Lipinski definition) is 3. The molecule has 0 heterocycles. The maximum absolute atomic E-state index is 12.1. The smallest absolute Gasteiger partial charge is 0.744 e. The van der Waals surface area contributed by atoms with Gasteiger partial charge in [0.2, 0.25) is 0 Å². The summed E-state index contributed by atoms with van der Waals surface area (Å²) in [5.41, 5.74) is 2.60. The van der Waals surface area contributed by atoms with E-state index in [1.807, 2.05) is 39.8 Å². The minimum absolute atomic E-state index is 0. The molecular weight excluding hydrogens is 331 g/mol. The molecule has 0 aliphatic carbocycles. The number of benzene rings is 2. The minimum Gasteiger partial charge on any atom is -0.744 e. The first-order valence-corrected chi connectivity index (χ1v) is 9.51. The Bertz CT molecular complexity index is 837. The second-order valence-electron chi connectivity index (χ2n) is 7.07. The van der Waals surface area contributed by atoms with Crippen LogP contribution >= 0.6 is 0 Å². The Morgan fingerprint density at radius 1 is 0.750 bits per heavy atom. The molecule has 0 aliphatic rings. The van der Waals surface area contributed by atoms with Gasteiger partial charge >= 0.3 is 29.6 Å². The fourth-order valence-electron chi connectivity index (χ4n) is 3.19. The normalized spacial score (nSPS) is 12.2. The van der Waals surface area contributed by atoms with Crippen molar-refractivity contribution >= 4 is 20.9 Å². The molecule has 126 valence electrons. The summed E-state index contributed by atoms with van der Waals surface area (Å²) in [4.78, 5) is -0.0313. The van der Waals surface area contributed by atoms with Crippen molar-refractivity contribution in [2.24, 2.45) is 0 Å². The molecule has 3 nitrogen and oxygen atoms in total. The van der Waals surface area contributed by atoms with E-state index >= 15 is 0 Å². The Kier molecular flexibility index (Phi) is 7.11. The summed E-state index contributed by atoms with van der Waals surface area (Å²) in [6.07, 6.45) is 0. The quantitative estimate of drug-likeness (QED) is 0.623. The maximum Gasteiger partial charge on any atom is 1.00 e. The number of rotatable bonds is 4. The fourth-order valence-corrected chi connectivity index (χ4v) is 4.26. The van der Waals surface area contributed by atoms with Crippen LogP contribution < -0.4 is 29.6 Å². The van der Waals surface area contributed by atoms with Gasteiger partial charge in [0.25, 0.3) is 0 Å². The molecular formula is C19H25NaO3S. The molecule has 0 aromatic heterocycles. The van der Waals surface area contributed by atoms with Crippen LogP contribution in [-0.4, -0.2) is 13.0 Å². The summed E-state index contributed by atoms with van der Waals surface area (Å²) in [6.45, 7) is 12.0. The first kappa shape index (κ1) is 21.7. The third-order valence-electron chi connectivity index (χ3n) is 4.35. The third kappa shape index (κ3) is 4.05. The van der Waals surface area contributed by atoms with Crippen molar-refractivity contribution in [2.45, 2.75) is 64.2 Å². The number of hydrogen-bond donors (Lipinski definition) is 0. The van der Waals surface area contributed by atoms with Crippen LogP contribution in [0, 0.1) is 0 Å². The monoisotopic (exact) mass is 356 g/mol. The van der Waals surface area contributed by atoms with E-state index in [1.54, 1.807) is 6.07 Å². The van der Waals surface area contributed by atoms with E-state index in [9.17, 15) is 13.0 Å². The van der Waals surface area contributed by atoms with Crippen molar-refractivity contribution in [3.05, 3.63) is 41.0 Å². The van der Waals surface area contributed by atoms with Crippen molar-refractivity contribution in [1.82, 2.24) is 0 Å². The zero-order chi connectivity index (χ0) is 17.5. The summed E-state index contributed by atoms with van der Waals surface area (Å²) in [7, 11) is -4.55. The van der Waals surface area contributed by atoms with Gasteiger partial charge in [0.05, 0.1) is 4.90 Å². The Hall–Kier alpha value is -0.390. The zero-order valence-corrected chi connectivity index (χ0v) is 18.5. The molecule has 0 atom stereocenters. The van der Waals surface area contributed by atoms with Gasteiger partial charge in [-0.05, 0) is 39.8 Å². The molecule has 0 radical (unpaired) electrons. The van der Waals surface area contributed by atoms with E-state index < -0.39 is 10.1 Å². The molecule has 0 unspecified atom stereocenters. The maximum atomic E-state index is 12.1. The topological polar surface area (TPSA) is 57.2 Å². The van der Waals surface area contributed by atoms with Crippen molar-refractivity contribution in [3.8, 4) is 0 Å². The molecule has 0 saturated heterocycles. The molecule has 2 aromatic rings. The third-order valence-corrected chi connectivity index (χ3v) is 5.29. The average molecular weight is 356 g/mol. The van der Waals surface area contributed by atoms with Gasteiger partial charge in [-0.2, -0.15) is 0 Å². The first-order valence-electron chi connectivity index (χ1n) is 8.11. The molecule has 2 aromatic carbocycles. The van der Waals surface area contributed by atoms with Gasteiger partial charge in [-0.25, -0.2) is 8.42 Å². The minimum atomic E-state index is -4.55. The van der Waals surface area contributed by atoms with Gasteiger partial charge in [0, 0.05) is 5.39 Å². The van der Waals surface area contributed by atoms with E-state index in [1.165, 1.54) is 0 Å². The Morgan fingerprint density at radius 3 is 1.58 bits per heavy atom. The Balaban J connectivity index is 0.00000288. The molecule has 0 aliphatic heterocycles. The molecule has 0 fully saturated rings. The molecule has 2 rings (SSSR count). The molecule has 0 spiro atoms. The largest absolute Gasteiger partial charge is 1.00 e. The van der Waals surface area contributed by atoms with Crippen LogP contribution in [-0.2, 0) is 10.1 Å². The molecule has 5 heteroatoms. The summed E-state index contributed by atoms with van der Waals surface area (Å²) in [5, 5.41) is 1.50. The van der Waals surface area contributed by atoms with Gasteiger partial charge in [0.15, 0.2) is 0 Å². The second-order valence-corrected chi connectivity index (χ2v) is 8.39. The SMILES string of the molecule is CC(C)c1ccc2c(C(C)C)ccc(C(C)C)c2c1S(=O)(=O)[O-].[Na+]. The van der Waals surface area contributed by atoms with Crippen LogP contribution in [0.1, 0.15) is 76.0 Å². The van der Waals surface area contributed by atoms with Crippen LogP contribution in [0.3, 0.4) is 0 Å². The van der Waals surface area contributed by atoms with Crippen LogP contribution in [0.4, 0.5) is 0 Å². The summed E-state index contributed by atoms with van der Waals surface area (Å²) in [6, 6.07) is 7.80. The fraction of sp³-hybridized carbons (Fsp3) is 0.474. The van der Waals surface area contributed by atoms with Crippen LogP contribution in [0.2, 0.25) is 0 Å². The van der Waals surface area contributed by atoms with E-state index in [0.29, 0.717) is 10.9 Å². The molecule has 0 N–H and O–H groups in total. The van der Waals surface area contributed by atoms with Gasteiger partial charge < -0.3 is 4.55 Å². The molecule has 0 saturated carbocycles. The van der Waals surface area contributed by atoms with Crippen LogP contribution in [0.5, 0.6) is 0 Å². The van der Waals surface area contributed by atoms with E-state index in [2.05, 4.69) is 19.9 Å². The van der Waals surface area contributed by atoms with Crippen molar-refractivity contribution < 1.29 is 42.5 Å². The van der Waals surface area contributed by atoms with Crippen molar-refractivity contribution in [2.75, 3.05) is 0 Å². The number of fused-ring (bicyclic) bond motifs is 1. The average Bonchev–Trinajstić information content (AvgIpc) is 2.42. The first-order chi connectivity index (χ1) is 10.6. The zero-order valence-electron chi connectivity index (χ0n) is 15.7. The second kappa shape index (κ2) is 7.88. The van der Waals surface area contributed by atoms with Crippen LogP contribution in [0.15, 0.2) is 29.2 Å². The molecule has 0 amide bonds. The van der Waals surface area contributed by atoms with Gasteiger partial charge in [0.1, 0.15) is 10.1 Å². The predicted octanol–water partition coefficient (Wildman–Crippen LogP) is 2.12. The van der Waals surface area contributed by atoms with Gasteiger partial charge in [-0.15, -0.1) is 0 Å². The van der Waals surface area contributed by atoms with E-state index in [4.69, 9.17) is 0 Å². The Morgan fingerprint density at radius 2 is 1.17 bits per heavy atom. The molecule has 24 heavy (non-hydrogen) atoms. The van der Waals surface area contributed by atoms with Crippen molar-refractivity contribution in [3.63, 3.8) is 0 Å². The van der Waals surface area contributed by atoms with Gasteiger partial charge in [-0.1, -0.05) is 65.8 Å². The summed E-state index contributed by atoms with van der Waals surface area (Å²) >= 11 is 0. The molecule has 0 bridgehead atoms. The summed E-state index contributed by atoms with van der Waals surface area (Å²) < 4.78 is 36.2. The van der Waals surface area contributed by atoms with E-state index in [0.717, 1.165) is 16.5 Å². The van der Waals surface area contributed by atoms with Gasteiger partial charge in [-0.3, -0.25) is 0 Å². The Labute approximate surface area is 167 Å². The standard InChI is InChI=1S/C19H26O3S.Na/c1-11(2)14-7-8-15(12(3)4)18-17(14)10-9-16(13(5)6)19(18)23(20,21)22;/h7-13H,1-6H3,(H,20,21,22);/q;+1/p-1.